The van der Waals surface area contributed by atoms with Crippen LogP contribution < -0.4 is 25.4 Å². The van der Waals surface area contributed by atoms with Crippen molar-refractivity contribution in [2.45, 2.75) is 109 Å². The molecule has 2 bridgehead atoms. The van der Waals surface area contributed by atoms with Crippen LogP contribution in [0, 0.1) is 23.2 Å². The molecule has 4 aliphatic rings. The van der Waals surface area contributed by atoms with Gasteiger partial charge in [-0.15, -0.1) is 17.9 Å². The van der Waals surface area contributed by atoms with E-state index in [0.29, 0.717) is 45.6 Å². The number of alkyl carbamates (subject to hydrolysis) is 1. The van der Waals surface area contributed by atoms with Gasteiger partial charge in [0.15, 0.2) is 5.13 Å². The molecule has 3 aromatic rings. The second-order valence-electron chi connectivity index (χ2n) is 17.2. The molecule has 57 heavy (non-hydrogen) atoms. The predicted octanol–water partition coefficient (Wildman–Crippen LogP) is 6.66. The molecule has 14 nitrogen and oxygen atoms in total. The van der Waals surface area contributed by atoms with Crippen molar-refractivity contribution in [3.63, 3.8) is 0 Å². The molecule has 6 unspecified atom stereocenters. The second kappa shape index (κ2) is 15.6. The number of halogens is 1. The maximum Gasteiger partial charge on any atom is 0.408 e. The van der Waals surface area contributed by atoms with Gasteiger partial charge in [-0.25, -0.2) is 19.6 Å². The van der Waals surface area contributed by atoms with E-state index in [2.05, 4.69) is 22.5 Å². The highest BCUT2D eigenvalue weighted by molar-refractivity contribution is 7.14. The summed E-state index contributed by atoms with van der Waals surface area (Å²) in [6.07, 6.45) is 4.14. The number of pyridine rings is 1. The molecule has 3 heterocycles. The highest BCUT2D eigenvalue weighted by Crippen LogP contribution is 2.47. The number of likely N-dealkylation sites (tertiary alicyclic amines) is 1. The number of amides is 3. The standard InChI is InChI=1S/C41H51ClN6O8S/c1-8-23-17-41(23,37(51)52)47-35(49)28-15-24(18-48(28)36(50)34(40(4,5)6)46-39(53)56-30-14-21-9-10-22(30)13-21)55-31-16-26(27-19-57-38(45-27)43-20(2)3)44-33-25(31)11-12-29(54-7)32(33)42/h8,11-12,16,19-24,28,30,34H,1,9-10,13-15,17-18H2,2-7H3,(H,43,45)(H,46,53)(H,47,49)(H,51,52)/t21?,22?,23?,24?,28-,30?,34?,41+/m0/s1. The SMILES string of the molecule is C=CC1C[C@]1(NC(=O)[C@@H]1CC(Oc2cc(-c3csc(NC(C)C)n3)nc3c(Cl)c(OC)ccc23)CN1C(=O)C(NC(=O)OC1CC2CCC1C2)C(C)(C)C)C(=O)O. The van der Waals surface area contributed by atoms with Gasteiger partial charge in [0.05, 0.1) is 24.9 Å². The number of methoxy groups -OCH3 is 1. The third-order valence-corrected chi connectivity index (χ3v) is 12.9. The fraction of sp³-hybridized carbons (Fsp3) is 0.561. The monoisotopic (exact) mass is 822 g/mol. The van der Waals surface area contributed by atoms with Gasteiger partial charge in [0.25, 0.3) is 0 Å². The average Bonchev–Trinajstić information content (AvgIpc) is 3.67. The highest BCUT2D eigenvalue weighted by Gasteiger charge is 2.61. The number of thiazole rings is 1. The molecule has 0 radical (unpaired) electrons. The molecule has 1 saturated heterocycles. The minimum Gasteiger partial charge on any atom is -0.495 e. The van der Waals surface area contributed by atoms with Crippen molar-refractivity contribution in [2.75, 3.05) is 19.0 Å². The second-order valence-corrected chi connectivity index (χ2v) is 18.4. The van der Waals surface area contributed by atoms with Gasteiger partial charge in [-0.3, -0.25) is 9.59 Å². The van der Waals surface area contributed by atoms with Gasteiger partial charge in [0, 0.05) is 35.2 Å². The van der Waals surface area contributed by atoms with Crippen LogP contribution in [-0.4, -0.2) is 93.4 Å². The number of nitrogens with zero attached hydrogens (tertiary/aromatic N) is 3. The minimum atomic E-state index is -1.53. The first-order chi connectivity index (χ1) is 27.0. The van der Waals surface area contributed by atoms with Gasteiger partial charge in [-0.2, -0.15) is 0 Å². The van der Waals surface area contributed by atoms with Gasteiger partial charge in [0.1, 0.15) is 52.0 Å². The molecule has 3 saturated carbocycles. The van der Waals surface area contributed by atoms with E-state index < -0.39 is 58.9 Å². The van der Waals surface area contributed by atoms with Gasteiger partial charge >= 0.3 is 12.1 Å². The number of fused-ring (bicyclic) bond motifs is 3. The van der Waals surface area contributed by atoms with Gasteiger partial charge < -0.3 is 40.2 Å². The molecular formula is C41H51ClN6O8S. The van der Waals surface area contributed by atoms with Crippen LogP contribution in [0.5, 0.6) is 11.5 Å². The summed E-state index contributed by atoms with van der Waals surface area (Å²) >= 11 is 8.26. The van der Waals surface area contributed by atoms with Crippen molar-refractivity contribution >= 4 is 62.8 Å². The first kappa shape index (κ1) is 40.6. The number of aliphatic carboxylic acids is 1. The van der Waals surface area contributed by atoms with Crippen molar-refractivity contribution in [1.82, 2.24) is 25.5 Å². The van der Waals surface area contributed by atoms with Crippen LogP contribution in [0.25, 0.3) is 22.3 Å². The Bertz CT molecular complexity index is 2090. The van der Waals surface area contributed by atoms with Crippen molar-refractivity contribution in [3.05, 3.63) is 41.3 Å². The number of rotatable bonds is 13. The Labute approximate surface area is 341 Å². The summed E-state index contributed by atoms with van der Waals surface area (Å²) < 4.78 is 18.1. The predicted molar refractivity (Wildman–Crippen MR) is 217 cm³/mol. The smallest absolute Gasteiger partial charge is 0.408 e. The van der Waals surface area contributed by atoms with E-state index in [-0.39, 0.29) is 36.6 Å². The van der Waals surface area contributed by atoms with Crippen molar-refractivity contribution in [2.24, 2.45) is 23.2 Å². The van der Waals surface area contributed by atoms with E-state index in [9.17, 15) is 24.3 Å². The lowest BCUT2D eigenvalue weighted by Crippen LogP contribution is -2.59. The molecule has 7 rings (SSSR count). The Morgan fingerprint density at radius 2 is 1.88 bits per heavy atom. The first-order valence-electron chi connectivity index (χ1n) is 19.5. The molecule has 0 spiro atoms. The maximum absolute atomic E-state index is 14.7. The van der Waals surface area contributed by atoms with Crippen LogP contribution in [0.2, 0.25) is 5.02 Å². The molecule has 8 atom stereocenters. The lowest BCUT2D eigenvalue weighted by atomic mass is 9.85. The third-order valence-electron chi connectivity index (χ3n) is 11.7. The number of hydrogen-bond donors (Lipinski definition) is 4. The van der Waals surface area contributed by atoms with Crippen LogP contribution in [0.1, 0.15) is 73.1 Å². The number of carbonyl (C=O) groups excluding carboxylic acids is 3. The number of ether oxygens (including phenoxy) is 3. The van der Waals surface area contributed by atoms with Crippen LogP contribution in [0.4, 0.5) is 9.93 Å². The van der Waals surface area contributed by atoms with Gasteiger partial charge in [-0.05, 0) is 75.3 Å². The summed E-state index contributed by atoms with van der Waals surface area (Å²) in [5.41, 5.74) is -0.832. The number of carbonyl (C=O) groups is 4. The van der Waals surface area contributed by atoms with Crippen LogP contribution >= 0.6 is 22.9 Å². The largest absolute Gasteiger partial charge is 0.495 e. The molecule has 4 N–H and O–H groups in total. The Morgan fingerprint density at radius 3 is 2.49 bits per heavy atom. The third kappa shape index (κ3) is 8.09. The van der Waals surface area contributed by atoms with Crippen molar-refractivity contribution in [1.29, 1.82) is 0 Å². The average molecular weight is 823 g/mol. The Hall–Kier alpha value is -4.63. The summed E-state index contributed by atoms with van der Waals surface area (Å²) in [5.74, 6) is -1.11. The summed E-state index contributed by atoms with van der Waals surface area (Å²) in [6, 6.07) is 3.20. The highest BCUT2D eigenvalue weighted by atomic mass is 35.5. The zero-order valence-electron chi connectivity index (χ0n) is 33.1. The van der Waals surface area contributed by atoms with E-state index in [1.54, 1.807) is 18.2 Å². The maximum atomic E-state index is 14.7. The van der Waals surface area contributed by atoms with Gasteiger partial charge in [-0.1, -0.05) is 38.4 Å². The molecule has 3 aliphatic carbocycles. The zero-order chi connectivity index (χ0) is 41.0. The molecule has 1 aliphatic heterocycles. The number of nitrogens with one attached hydrogen (secondary N) is 3. The van der Waals surface area contributed by atoms with Crippen LogP contribution in [0.15, 0.2) is 36.2 Å². The van der Waals surface area contributed by atoms with E-state index in [1.807, 2.05) is 40.0 Å². The quantitative estimate of drug-likeness (QED) is 0.135. The topological polar surface area (TPSA) is 181 Å². The molecular weight excluding hydrogens is 772 g/mol. The summed E-state index contributed by atoms with van der Waals surface area (Å²) in [4.78, 5) is 65.7. The molecule has 16 heteroatoms. The van der Waals surface area contributed by atoms with Gasteiger partial charge in [0.2, 0.25) is 11.8 Å². The van der Waals surface area contributed by atoms with Crippen molar-refractivity contribution in [3.8, 4) is 22.9 Å². The summed E-state index contributed by atoms with van der Waals surface area (Å²) in [6.45, 7) is 13.2. The molecule has 1 aromatic carbocycles. The lowest BCUT2D eigenvalue weighted by Gasteiger charge is -2.35. The Morgan fingerprint density at radius 1 is 1.11 bits per heavy atom. The van der Waals surface area contributed by atoms with E-state index in [0.717, 1.165) is 30.8 Å². The normalized spacial score (nSPS) is 26.9. The fourth-order valence-electron chi connectivity index (χ4n) is 8.61. The molecule has 4 fully saturated rings. The fourth-order valence-corrected chi connectivity index (χ4v) is 9.74. The number of carboxylic acids is 1. The molecule has 2 aromatic heterocycles. The molecule has 306 valence electrons. The number of benzene rings is 1. The molecule has 3 amide bonds. The first-order valence-corrected chi connectivity index (χ1v) is 20.8. The Balaban J connectivity index is 1.20. The van der Waals surface area contributed by atoms with E-state index in [1.165, 1.54) is 29.4 Å². The zero-order valence-corrected chi connectivity index (χ0v) is 34.7. The lowest BCUT2D eigenvalue weighted by molar-refractivity contribution is -0.146. The summed E-state index contributed by atoms with van der Waals surface area (Å²) in [7, 11) is 1.51. The minimum absolute atomic E-state index is 0.0284. The summed E-state index contributed by atoms with van der Waals surface area (Å²) in [5, 5.41) is 22.4. The van der Waals surface area contributed by atoms with E-state index >= 15 is 0 Å². The number of aromatic nitrogens is 2. The van der Waals surface area contributed by atoms with Crippen LogP contribution in [-0.2, 0) is 19.1 Å². The number of anilines is 1. The number of carboxylic acid groups (broad SMARTS) is 1. The number of hydrogen-bond acceptors (Lipinski definition) is 11. The van der Waals surface area contributed by atoms with Crippen molar-refractivity contribution < 1.29 is 38.5 Å². The van der Waals surface area contributed by atoms with Crippen LogP contribution in [0.3, 0.4) is 0 Å². The van der Waals surface area contributed by atoms with E-state index in [4.69, 9.17) is 35.8 Å². The Kier molecular flexibility index (Phi) is 11.1.